The van der Waals surface area contributed by atoms with Crippen LogP contribution in [-0.2, 0) is 22.6 Å². The Morgan fingerprint density at radius 2 is 1.91 bits per heavy atom. The predicted molar refractivity (Wildman–Crippen MR) is 120 cm³/mol. The van der Waals surface area contributed by atoms with Crippen molar-refractivity contribution in [3.63, 3.8) is 0 Å². The van der Waals surface area contributed by atoms with Crippen molar-refractivity contribution in [2.45, 2.75) is 38.8 Å². The van der Waals surface area contributed by atoms with Crippen LogP contribution in [0.25, 0.3) is 0 Å². The van der Waals surface area contributed by atoms with E-state index in [2.05, 4.69) is 17.1 Å². The van der Waals surface area contributed by atoms with Gasteiger partial charge in [-0.3, -0.25) is 4.79 Å². The number of benzene rings is 2. The lowest BCUT2D eigenvalue weighted by Crippen LogP contribution is -2.42. The zero-order valence-electron chi connectivity index (χ0n) is 18.4. The molecule has 0 spiro atoms. The maximum absolute atomic E-state index is 12.5. The van der Waals surface area contributed by atoms with Gasteiger partial charge in [0.15, 0.2) is 0 Å². The molecule has 1 amide bonds. The van der Waals surface area contributed by atoms with Crippen molar-refractivity contribution in [3.05, 3.63) is 59.7 Å². The summed E-state index contributed by atoms with van der Waals surface area (Å²) in [5, 5.41) is 2.85. The first-order chi connectivity index (χ1) is 15.6. The highest BCUT2D eigenvalue weighted by Crippen LogP contribution is 2.30. The highest BCUT2D eigenvalue weighted by atomic mass is 16.6. The Kier molecular flexibility index (Phi) is 7.27. The van der Waals surface area contributed by atoms with E-state index in [9.17, 15) is 9.59 Å². The van der Waals surface area contributed by atoms with Crippen molar-refractivity contribution in [2.75, 3.05) is 26.2 Å². The molecule has 2 aliphatic heterocycles. The number of ether oxygens (including phenoxy) is 3. The standard InChI is InChI=1S/C25H30N2O5/c1-2-27-12-10-19(11-13-27)24(28)32-22-9-8-20-14-21(17-30-23(20)15-22)26-25(29)31-16-18-6-4-3-5-7-18/h3-9,15,19,21H,2,10-14,16-17H2,1H3,(H,26,29). The van der Waals surface area contributed by atoms with E-state index in [4.69, 9.17) is 14.2 Å². The molecule has 1 N–H and O–H groups in total. The summed E-state index contributed by atoms with van der Waals surface area (Å²) in [5.41, 5.74) is 1.89. The largest absolute Gasteiger partial charge is 0.491 e. The molecule has 7 heteroatoms. The third kappa shape index (κ3) is 5.79. The highest BCUT2D eigenvalue weighted by molar-refractivity contribution is 5.75. The number of amides is 1. The van der Waals surface area contributed by atoms with Crippen molar-refractivity contribution >= 4 is 12.1 Å². The number of piperidine rings is 1. The van der Waals surface area contributed by atoms with Crippen molar-refractivity contribution < 1.29 is 23.8 Å². The van der Waals surface area contributed by atoms with Crippen LogP contribution in [0.15, 0.2) is 48.5 Å². The molecule has 2 aromatic rings. The summed E-state index contributed by atoms with van der Waals surface area (Å²) < 4.78 is 16.7. The number of hydrogen-bond donors (Lipinski definition) is 1. The molecule has 0 aromatic heterocycles. The first-order valence-electron chi connectivity index (χ1n) is 11.3. The average molecular weight is 439 g/mol. The Hall–Kier alpha value is -3.06. The molecule has 4 rings (SSSR count). The molecule has 7 nitrogen and oxygen atoms in total. The molecule has 2 heterocycles. The second-order valence-corrected chi connectivity index (χ2v) is 8.32. The van der Waals surface area contributed by atoms with E-state index in [-0.39, 0.29) is 24.5 Å². The van der Waals surface area contributed by atoms with Crippen LogP contribution in [0.1, 0.15) is 30.9 Å². The number of rotatable bonds is 6. The molecular formula is C25H30N2O5. The van der Waals surface area contributed by atoms with E-state index < -0.39 is 6.09 Å². The van der Waals surface area contributed by atoms with Crippen molar-refractivity contribution in [1.29, 1.82) is 0 Å². The van der Waals surface area contributed by atoms with Gasteiger partial charge in [0.2, 0.25) is 0 Å². The van der Waals surface area contributed by atoms with Gasteiger partial charge >= 0.3 is 12.1 Å². The topological polar surface area (TPSA) is 77.1 Å². The lowest BCUT2D eigenvalue weighted by atomic mass is 9.97. The lowest BCUT2D eigenvalue weighted by molar-refractivity contribution is -0.140. The van der Waals surface area contributed by atoms with E-state index in [1.165, 1.54) is 0 Å². The number of likely N-dealkylation sites (tertiary alicyclic amines) is 1. The van der Waals surface area contributed by atoms with Crippen LogP contribution in [-0.4, -0.2) is 49.2 Å². The first-order valence-corrected chi connectivity index (χ1v) is 11.3. The van der Waals surface area contributed by atoms with E-state index in [0.717, 1.165) is 43.6 Å². The van der Waals surface area contributed by atoms with Gasteiger partial charge in [-0.25, -0.2) is 4.79 Å². The fourth-order valence-electron chi connectivity index (χ4n) is 4.12. The maximum atomic E-state index is 12.5. The molecule has 2 aliphatic rings. The van der Waals surface area contributed by atoms with E-state index >= 15 is 0 Å². The number of nitrogens with one attached hydrogen (secondary N) is 1. The minimum Gasteiger partial charge on any atom is -0.491 e. The van der Waals surface area contributed by atoms with Crippen molar-refractivity contribution in [1.82, 2.24) is 10.2 Å². The van der Waals surface area contributed by atoms with Gasteiger partial charge in [-0.1, -0.05) is 43.3 Å². The minimum atomic E-state index is -0.467. The number of carbonyl (C=O) groups is 2. The Morgan fingerprint density at radius 1 is 1.12 bits per heavy atom. The van der Waals surface area contributed by atoms with Gasteiger partial charge < -0.3 is 24.4 Å². The summed E-state index contributed by atoms with van der Waals surface area (Å²) >= 11 is 0. The number of alkyl carbamates (subject to hydrolysis) is 1. The van der Waals surface area contributed by atoms with Crippen LogP contribution in [0.2, 0.25) is 0 Å². The molecule has 1 saturated heterocycles. The fourth-order valence-corrected chi connectivity index (χ4v) is 4.12. The summed E-state index contributed by atoms with van der Waals surface area (Å²) in [6, 6.07) is 14.8. The summed E-state index contributed by atoms with van der Waals surface area (Å²) in [4.78, 5) is 27.0. The fraction of sp³-hybridized carbons (Fsp3) is 0.440. The Morgan fingerprint density at radius 3 is 2.66 bits per heavy atom. The van der Waals surface area contributed by atoms with Gasteiger partial charge in [-0.15, -0.1) is 0 Å². The van der Waals surface area contributed by atoms with E-state index in [0.29, 0.717) is 24.5 Å². The zero-order valence-corrected chi connectivity index (χ0v) is 18.4. The van der Waals surface area contributed by atoms with Crippen molar-refractivity contribution in [3.8, 4) is 11.5 Å². The smallest absolute Gasteiger partial charge is 0.407 e. The van der Waals surface area contributed by atoms with Gasteiger partial charge in [0.25, 0.3) is 0 Å². The number of fused-ring (bicyclic) bond motifs is 1. The third-order valence-electron chi connectivity index (χ3n) is 6.07. The highest BCUT2D eigenvalue weighted by Gasteiger charge is 2.27. The molecule has 170 valence electrons. The van der Waals surface area contributed by atoms with Crippen LogP contribution in [0.5, 0.6) is 11.5 Å². The normalized spacial score (nSPS) is 18.8. The Bertz CT molecular complexity index is 925. The van der Waals surface area contributed by atoms with Crippen LogP contribution in [0.3, 0.4) is 0 Å². The second-order valence-electron chi connectivity index (χ2n) is 8.32. The van der Waals surface area contributed by atoms with Gasteiger partial charge in [-0.2, -0.15) is 0 Å². The molecule has 1 atom stereocenters. The van der Waals surface area contributed by atoms with Crippen molar-refractivity contribution in [2.24, 2.45) is 5.92 Å². The van der Waals surface area contributed by atoms with E-state index in [1.54, 1.807) is 12.1 Å². The van der Waals surface area contributed by atoms with Gasteiger partial charge in [0.1, 0.15) is 24.7 Å². The lowest BCUT2D eigenvalue weighted by Gasteiger charge is -2.29. The Balaban J connectivity index is 1.26. The monoisotopic (exact) mass is 438 g/mol. The summed E-state index contributed by atoms with van der Waals surface area (Å²) in [5.74, 6) is 0.967. The first kappa shape index (κ1) is 22.1. The van der Waals surface area contributed by atoms with Crippen LogP contribution in [0, 0.1) is 5.92 Å². The number of hydrogen-bond acceptors (Lipinski definition) is 6. The number of esters is 1. The SMILES string of the molecule is CCN1CCC(C(=O)Oc2ccc3c(c2)OCC(NC(=O)OCc2ccccc2)C3)CC1. The molecule has 2 aromatic carbocycles. The molecule has 1 unspecified atom stereocenters. The molecule has 1 fully saturated rings. The van der Waals surface area contributed by atoms with Gasteiger partial charge in [0.05, 0.1) is 12.0 Å². The predicted octanol–water partition coefficient (Wildman–Crippen LogP) is 3.55. The van der Waals surface area contributed by atoms with Crippen LogP contribution >= 0.6 is 0 Å². The molecule has 0 aliphatic carbocycles. The van der Waals surface area contributed by atoms with E-state index in [1.807, 2.05) is 36.4 Å². The van der Waals surface area contributed by atoms with Gasteiger partial charge in [-0.05, 0) is 56.1 Å². The summed E-state index contributed by atoms with van der Waals surface area (Å²) in [6.45, 7) is 5.59. The number of carbonyl (C=O) groups excluding carboxylic acids is 2. The molecule has 0 saturated carbocycles. The van der Waals surface area contributed by atoms with Gasteiger partial charge in [0, 0.05) is 6.07 Å². The third-order valence-corrected chi connectivity index (χ3v) is 6.07. The summed E-state index contributed by atoms with van der Waals surface area (Å²) in [7, 11) is 0. The van der Waals surface area contributed by atoms with Crippen LogP contribution < -0.4 is 14.8 Å². The molecule has 0 bridgehead atoms. The molecular weight excluding hydrogens is 408 g/mol. The minimum absolute atomic E-state index is 0.0507. The maximum Gasteiger partial charge on any atom is 0.407 e. The second kappa shape index (κ2) is 10.5. The Labute approximate surface area is 188 Å². The molecule has 0 radical (unpaired) electrons. The molecule has 32 heavy (non-hydrogen) atoms. The number of nitrogens with zero attached hydrogens (tertiary/aromatic N) is 1. The van der Waals surface area contributed by atoms with Crippen LogP contribution in [0.4, 0.5) is 4.79 Å². The summed E-state index contributed by atoms with van der Waals surface area (Å²) in [6.07, 6.45) is 1.83. The zero-order chi connectivity index (χ0) is 22.3. The average Bonchev–Trinajstić information content (AvgIpc) is 2.83. The quantitative estimate of drug-likeness (QED) is 0.549.